The van der Waals surface area contributed by atoms with Crippen molar-refractivity contribution < 1.29 is 0 Å². The van der Waals surface area contributed by atoms with Crippen molar-refractivity contribution in [1.82, 2.24) is 9.55 Å². The highest BCUT2D eigenvalue weighted by Gasteiger charge is 2.15. The van der Waals surface area contributed by atoms with Crippen LogP contribution >= 0.6 is 23.2 Å². The number of pyridine rings is 2. The molecule has 0 aliphatic carbocycles. The number of benzene rings is 1. The van der Waals surface area contributed by atoms with Gasteiger partial charge in [0.25, 0.3) is 5.56 Å². The molecule has 0 radical (unpaired) electrons. The fourth-order valence-electron chi connectivity index (χ4n) is 2.31. The number of anilines is 1. The first-order valence-electron chi connectivity index (χ1n) is 6.18. The number of nitrogens with two attached hydrogens (primary N) is 1. The summed E-state index contributed by atoms with van der Waals surface area (Å²) in [6.07, 6.45) is 1.62. The van der Waals surface area contributed by atoms with Crippen molar-refractivity contribution in [2.75, 3.05) is 5.73 Å². The van der Waals surface area contributed by atoms with Gasteiger partial charge in [-0.1, -0.05) is 29.3 Å². The van der Waals surface area contributed by atoms with Gasteiger partial charge in [-0.3, -0.25) is 4.79 Å². The molecule has 0 saturated carbocycles. The van der Waals surface area contributed by atoms with Gasteiger partial charge in [-0.15, -0.1) is 0 Å². The number of hydrogen-bond donors (Lipinski definition) is 1. The van der Waals surface area contributed by atoms with Gasteiger partial charge in [0.15, 0.2) is 0 Å². The summed E-state index contributed by atoms with van der Waals surface area (Å²) in [5.41, 5.74) is 7.15. The van der Waals surface area contributed by atoms with Crippen molar-refractivity contribution in [2.24, 2.45) is 7.05 Å². The monoisotopic (exact) mass is 319 g/mol. The molecule has 1 aromatic carbocycles. The van der Waals surface area contributed by atoms with E-state index in [9.17, 15) is 4.79 Å². The van der Waals surface area contributed by atoms with E-state index in [2.05, 4.69) is 4.98 Å². The van der Waals surface area contributed by atoms with Gasteiger partial charge in [-0.05, 0) is 18.2 Å². The molecule has 2 heterocycles. The third-order valence-corrected chi connectivity index (χ3v) is 3.99. The fourth-order valence-corrected chi connectivity index (χ4v) is 2.92. The Hall–Kier alpha value is -2.04. The number of hydrogen-bond acceptors (Lipinski definition) is 3. The molecule has 0 aliphatic rings. The summed E-state index contributed by atoms with van der Waals surface area (Å²) in [5.74, 6) is 0.362. The van der Waals surface area contributed by atoms with E-state index < -0.39 is 0 Å². The summed E-state index contributed by atoms with van der Waals surface area (Å²) in [6, 6.07) is 8.54. The van der Waals surface area contributed by atoms with Crippen LogP contribution in [0.15, 0.2) is 41.3 Å². The summed E-state index contributed by atoms with van der Waals surface area (Å²) in [6.45, 7) is 0. The lowest BCUT2D eigenvalue weighted by molar-refractivity contribution is 0.908. The Morgan fingerprint density at radius 3 is 2.52 bits per heavy atom. The molecule has 0 fully saturated rings. The molecular formula is C15H11Cl2N3O. The summed E-state index contributed by atoms with van der Waals surface area (Å²) in [4.78, 5) is 16.6. The molecule has 0 saturated heterocycles. The number of aryl methyl sites for hydroxylation is 1. The van der Waals surface area contributed by atoms with Gasteiger partial charge in [-0.2, -0.15) is 0 Å². The van der Waals surface area contributed by atoms with E-state index in [0.29, 0.717) is 32.5 Å². The minimum absolute atomic E-state index is 0.192. The Morgan fingerprint density at radius 2 is 1.86 bits per heavy atom. The molecule has 0 spiro atoms. The summed E-state index contributed by atoms with van der Waals surface area (Å²) in [7, 11) is 1.68. The smallest absolute Gasteiger partial charge is 0.258 e. The lowest BCUT2D eigenvalue weighted by atomic mass is 10.1. The van der Waals surface area contributed by atoms with Crippen LogP contribution in [0.2, 0.25) is 10.0 Å². The minimum atomic E-state index is -0.192. The van der Waals surface area contributed by atoms with Gasteiger partial charge in [0, 0.05) is 30.3 Å². The van der Waals surface area contributed by atoms with E-state index in [4.69, 9.17) is 28.9 Å². The molecule has 3 rings (SSSR count). The van der Waals surface area contributed by atoms with E-state index >= 15 is 0 Å². The predicted molar refractivity (Wildman–Crippen MR) is 86.9 cm³/mol. The zero-order chi connectivity index (χ0) is 15.1. The SMILES string of the molecule is Cn1c(=O)c(-c2c(Cl)cccc2Cl)cc2cnc(N)cc21. The van der Waals surface area contributed by atoms with Crippen LogP contribution in [-0.4, -0.2) is 9.55 Å². The van der Waals surface area contributed by atoms with Crippen LogP contribution in [0.4, 0.5) is 5.82 Å². The Bertz CT molecular complexity index is 898. The van der Waals surface area contributed by atoms with Crippen LogP contribution in [0.25, 0.3) is 22.0 Å². The number of rotatable bonds is 1. The van der Waals surface area contributed by atoms with E-state index in [1.807, 2.05) is 0 Å². The molecule has 3 aromatic rings. The zero-order valence-electron chi connectivity index (χ0n) is 11.1. The Balaban J connectivity index is 2.42. The number of nitrogen functional groups attached to an aromatic ring is 1. The highest BCUT2D eigenvalue weighted by atomic mass is 35.5. The largest absolute Gasteiger partial charge is 0.384 e. The maximum Gasteiger partial charge on any atom is 0.258 e. The topological polar surface area (TPSA) is 60.9 Å². The molecule has 0 unspecified atom stereocenters. The Morgan fingerprint density at radius 1 is 1.19 bits per heavy atom. The number of aromatic nitrogens is 2. The number of nitrogens with zero attached hydrogens (tertiary/aromatic N) is 2. The van der Waals surface area contributed by atoms with Crippen molar-refractivity contribution in [2.45, 2.75) is 0 Å². The molecule has 0 bridgehead atoms. The molecule has 0 atom stereocenters. The van der Waals surface area contributed by atoms with Crippen molar-refractivity contribution in [3.63, 3.8) is 0 Å². The fraction of sp³-hybridized carbons (Fsp3) is 0.0667. The first-order chi connectivity index (χ1) is 9.99. The van der Waals surface area contributed by atoms with Crippen LogP contribution in [0, 0.1) is 0 Å². The van der Waals surface area contributed by atoms with Crippen LogP contribution in [0.3, 0.4) is 0 Å². The molecule has 2 N–H and O–H groups in total. The molecule has 6 heteroatoms. The second kappa shape index (κ2) is 5.06. The number of fused-ring (bicyclic) bond motifs is 1. The van der Waals surface area contributed by atoms with E-state index in [1.54, 1.807) is 43.6 Å². The third-order valence-electron chi connectivity index (χ3n) is 3.36. The van der Waals surface area contributed by atoms with Gasteiger partial charge in [0.05, 0.1) is 21.1 Å². The molecule has 0 amide bonds. The maximum atomic E-state index is 12.6. The predicted octanol–water partition coefficient (Wildman–Crippen LogP) is 3.49. The summed E-state index contributed by atoms with van der Waals surface area (Å²) >= 11 is 12.4. The summed E-state index contributed by atoms with van der Waals surface area (Å²) < 4.78 is 1.52. The normalized spacial score (nSPS) is 11.0. The average molecular weight is 320 g/mol. The van der Waals surface area contributed by atoms with E-state index in [0.717, 1.165) is 5.39 Å². The Kier molecular flexibility index (Phi) is 3.35. The Labute approximate surface area is 130 Å². The average Bonchev–Trinajstić information content (AvgIpc) is 2.44. The van der Waals surface area contributed by atoms with Gasteiger partial charge in [0.2, 0.25) is 0 Å². The second-order valence-electron chi connectivity index (χ2n) is 4.69. The van der Waals surface area contributed by atoms with Crippen molar-refractivity contribution in [3.8, 4) is 11.1 Å². The zero-order valence-corrected chi connectivity index (χ0v) is 12.6. The molecule has 0 aliphatic heterocycles. The van der Waals surface area contributed by atoms with E-state index in [-0.39, 0.29) is 5.56 Å². The van der Waals surface area contributed by atoms with Crippen molar-refractivity contribution in [1.29, 1.82) is 0 Å². The summed E-state index contributed by atoms with van der Waals surface area (Å²) in [5, 5.41) is 1.65. The quantitative estimate of drug-likeness (QED) is 0.746. The number of halogens is 2. The second-order valence-corrected chi connectivity index (χ2v) is 5.50. The molecular weight excluding hydrogens is 309 g/mol. The van der Waals surface area contributed by atoms with Gasteiger partial charge >= 0.3 is 0 Å². The minimum Gasteiger partial charge on any atom is -0.384 e. The van der Waals surface area contributed by atoms with Crippen LogP contribution in [-0.2, 0) is 7.05 Å². The first kappa shape index (κ1) is 13.9. The van der Waals surface area contributed by atoms with Crippen LogP contribution < -0.4 is 11.3 Å². The first-order valence-corrected chi connectivity index (χ1v) is 6.94. The third kappa shape index (κ3) is 2.26. The van der Waals surface area contributed by atoms with Crippen molar-refractivity contribution >= 4 is 39.9 Å². The van der Waals surface area contributed by atoms with E-state index in [1.165, 1.54) is 4.57 Å². The lowest BCUT2D eigenvalue weighted by Crippen LogP contribution is -2.19. The molecule has 21 heavy (non-hydrogen) atoms. The van der Waals surface area contributed by atoms with Crippen molar-refractivity contribution in [3.05, 3.63) is 56.9 Å². The molecule has 4 nitrogen and oxygen atoms in total. The van der Waals surface area contributed by atoms with Crippen LogP contribution in [0.5, 0.6) is 0 Å². The lowest BCUT2D eigenvalue weighted by Gasteiger charge is -2.11. The molecule has 106 valence electrons. The van der Waals surface area contributed by atoms with Gasteiger partial charge in [-0.25, -0.2) is 4.98 Å². The molecule has 2 aromatic heterocycles. The highest BCUT2D eigenvalue weighted by Crippen LogP contribution is 2.33. The van der Waals surface area contributed by atoms with Crippen LogP contribution in [0.1, 0.15) is 0 Å². The highest BCUT2D eigenvalue weighted by molar-refractivity contribution is 6.39. The van der Waals surface area contributed by atoms with Gasteiger partial charge in [0.1, 0.15) is 5.82 Å². The van der Waals surface area contributed by atoms with Gasteiger partial charge < -0.3 is 10.3 Å². The maximum absolute atomic E-state index is 12.6. The standard InChI is InChI=1S/C15H11Cl2N3O/c1-20-12-6-13(18)19-7-8(12)5-9(15(20)21)14-10(16)3-2-4-11(14)17/h2-7H,1H3,(H2,18,19).